The van der Waals surface area contributed by atoms with Crippen molar-refractivity contribution in [1.82, 2.24) is 15.1 Å². The van der Waals surface area contributed by atoms with Crippen molar-refractivity contribution in [3.8, 4) is 0 Å². The Labute approximate surface area is 114 Å². The molecule has 3 nitrogen and oxygen atoms in total. The summed E-state index contributed by atoms with van der Waals surface area (Å²) in [7, 11) is 2.23. The van der Waals surface area contributed by atoms with Crippen molar-refractivity contribution in [2.45, 2.75) is 53.1 Å². The van der Waals surface area contributed by atoms with Gasteiger partial charge in [0, 0.05) is 38.3 Å². The van der Waals surface area contributed by atoms with Crippen LogP contribution >= 0.6 is 0 Å². The SMILES string of the molecule is CCCNC(C)C(C)(C)CN1CCN(C)CC1C. The van der Waals surface area contributed by atoms with Crippen molar-refractivity contribution >= 4 is 0 Å². The molecule has 2 atom stereocenters. The third-order valence-electron chi connectivity index (χ3n) is 4.45. The highest BCUT2D eigenvalue weighted by Crippen LogP contribution is 2.24. The second-order valence-electron chi connectivity index (χ2n) is 6.75. The Kier molecular flexibility index (Phi) is 6.09. The van der Waals surface area contributed by atoms with Gasteiger partial charge in [-0.1, -0.05) is 20.8 Å². The van der Waals surface area contributed by atoms with Crippen LogP contribution in [-0.2, 0) is 0 Å². The fourth-order valence-electron chi connectivity index (χ4n) is 2.71. The van der Waals surface area contributed by atoms with Gasteiger partial charge >= 0.3 is 0 Å². The molecule has 0 saturated carbocycles. The number of hydrogen-bond acceptors (Lipinski definition) is 3. The molecule has 0 aromatic heterocycles. The zero-order chi connectivity index (χ0) is 13.8. The van der Waals surface area contributed by atoms with E-state index in [1.807, 2.05) is 0 Å². The van der Waals surface area contributed by atoms with Gasteiger partial charge in [-0.2, -0.15) is 0 Å². The monoisotopic (exact) mass is 255 g/mol. The Morgan fingerprint density at radius 3 is 2.56 bits per heavy atom. The molecule has 2 unspecified atom stereocenters. The van der Waals surface area contributed by atoms with Gasteiger partial charge in [-0.05, 0) is 39.3 Å². The maximum absolute atomic E-state index is 3.65. The summed E-state index contributed by atoms with van der Waals surface area (Å²) in [5, 5.41) is 3.65. The van der Waals surface area contributed by atoms with Crippen molar-refractivity contribution < 1.29 is 0 Å². The minimum absolute atomic E-state index is 0.333. The van der Waals surface area contributed by atoms with E-state index in [9.17, 15) is 0 Å². The molecule has 18 heavy (non-hydrogen) atoms. The van der Waals surface area contributed by atoms with Crippen LogP contribution in [0.5, 0.6) is 0 Å². The van der Waals surface area contributed by atoms with Crippen molar-refractivity contribution in [2.24, 2.45) is 5.41 Å². The van der Waals surface area contributed by atoms with Crippen molar-refractivity contribution in [3.63, 3.8) is 0 Å². The first-order valence-corrected chi connectivity index (χ1v) is 7.52. The molecular weight excluding hydrogens is 222 g/mol. The molecule has 0 radical (unpaired) electrons. The molecule has 0 amide bonds. The van der Waals surface area contributed by atoms with Crippen LogP contribution in [0.3, 0.4) is 0 Å². The lowest BCUT2D eigenvalue weighted by Gasteiger charge is -2.44. The van der Waals surface area contributed by atoms with Crippen LogP contribution < -0.4 is 5.32 Å². The number of rotatable bonds is 6. The molecule has 1 heterocycles. The van der Waals surface area contributed by atoms with Crippen LogP contribution in [0.15, 0.2) is 0 Å². The highest BCUT2D eigenvalue weighted by Gasteiger charge is 2.31. The van der Waals surface area contributed by atoms with Gasteiger partial charge in [0.1, 0.15) is 0 Å². The Hall–Kier alpha value is -0.120. The van der Waals surface area contributed by atoms with E-state index in [0.717, 1.165) is 6.54 Å². The summed E-state index contributed by atoms with van der Waals surface area (Å²) in [5.74, 6) is 0. The van der Waals surface area contributed by atoms with Gasteiger partial charge in [-0.15, -0.1) is 0 Å². The van der Waals surface area contributed by atoms with Crippen LogP contribution in [-0.4, -0.2) is 61.7 Å². The number of piperazine rings is 1. The minimum Gasteiger partial charge on any atom is -0.314 e. The zero-order valence-electron chi connectivity index (χ0n) is 13.3. The molecule has 0 spiro atoms. The Balaban J connectivity index is 2.48. The summed E-state index contributed by atoms with van der Waals surface area (Å²) < 4.78 is 0. The first-order valence-electron chi connectivity index (χ1n) is 7.52. The zero-order valence-corrected chi connectivity index (χ0v) is 13.3. The second-order valence-corrected chi connectivity index (χ2v) is 6.75. The minimum atomic E-state index is 0.333. The van der Waals surface area contributed by atoms with Gasteiger partial charge in [-0.3, -0.25) is 4.90 Å². The number of nitrogens with one attached hydrogen (secondary N) is 1. The molecule has 0 aromatic rings. The van der Waals surface area contributed by atoms with E-state index in [1.165, 1.54) is 32.6 Å². The van der Waals surface area contributed by atoms with E-state index in [0.29, 0.717) is 17.5 Å². The van der Waals surface area contributed by atoms with Gasteiger partial charge < -0.3 is 10.2 Å². The van der Waals surface area contributed by atoms with Gasteiger partial charge in [0.2, 0.25) is 0 Å². The van der Waals surface area contributed by atoms with Crippen molar-refractivity contribution in [1.29, 1.82) is 0 Å². The molecule has 1 aliphatic rings. The summed E-state index contributed by atoms with van der Waals surface area (Å²) >= 11 is 0. The van der Waals surface area contributed by atoms with Gasteiger partial charge in [-0.25, -0.2) is 0 Å². The molecular formula is C15H33N3. The largest absolute Gasteiger partial charge is 0.314 e. The lowest BCUT2D eigenvalue weighted by molar-refractivity contribution is 0.0540. The van der Waals surface area contributed by atoms with E-state index < -0.39 is 0 Å². The normalized spacial score (nSPS) is 25.3. The standard InChI is InChI=1S/C15H33N3/c1-7-8-16-14(3)15(4,5)12-18-10-9-17(6)11-13(18)2/h13-14,16H,7-12H2,1-6H3. The van der Waals surface area contributed by atoms with E-state index >= 15 is 0 Å². The summed E-state index contributed by atoms with van der Waals surface area (Å²) in [6, 6.07) is 1.26. The Morgan fingerprint density at radius 2 is 2.00 bits per heavy atom. The molecule has 1 fully saturated rings. The maximum Gasteiger partial charge on any atom is 0.0195 e. The fraction of sp³-hybridized carbons (Fsp3) is 1.00. The topological polar surface area (TPSA) is 18.5 Å². The fourth-order valence-corrected chi connectivity index (χ4v) is 2.71. The Bertz CT molecular complexity index is 240. The molecule has 0 aliphatic carbocycles. The first kappa shape index (κ1) is 15.9. The second kappa shape index (κ2) is 6.88. The van der Waals surface area contributed by atoms with Gasteiger partial charge in [0.05, 0.1) is 0 Å². The summed E-state index contributed by atoms with van der Waals surface area (Å²) in [6.07, 6.45) is 1.21. The third-order valence-corrected chi connectivity index (χ3v) is 4.45. The molecule has 0 bridgehead atoms. The predicted octanol–water partition coefficient (Wildman–Crippen LogP) is 2.04. The first-order chi connectivity index (χ1) is 8.36. The summed E-state index contributed by atoms with van der Waals surface area (Å²) in [6.45, 7) is 17.6. The van der Waals surface area contributed by atoms with Crippen molar-refractivity contribution in [3.05, 3.63) is 0 Å². The average molecular weight is 255 g/mol. The van der Waals surface area contributed by atoms with Crippen LogP contribution in [0.25, 0.3) is 0 Å². The van der Waals surface area contributed by atoms with Crippen LogP contribution in [0.1, 0.15) is 41.0 Å². The quantitative estimate of drug-likeness (QED) is 0.783. The predicted molar refractivity (Wildman–Crippen MR) is 80.1 cm³/mol. The maximum atomic E-state index is 3.65. The third kappa shape index (κ3) is 4.52. The smallest absolute Gasteiger partial charge is 0.0195 e. The lowest BCUT2D eigenvalue weighted by Crippen LogP contribution is -2.55. The van der Waals surface area contributed by atoms with E-state index in [4.69, 9.17) is 0 Å². The molecule has 108 valence electrons. The molecule has 1 aliphatic heterocycles. The van der Waals surface area contributed by atoms with Crippen molar-refractivity contribution in [2.75, 3.05) is 39.8 Å². The van der Waals surface area contributed by atoms with E-state index in [2.05, 4.69) is 56.8 Å². The lowest BCUT2D eigenvalue weighted by atomic mass is 9.84. The Morgan fingerprint density at radius 1 is 1.33 bits per heavy atom. The van der Waals surface area contributed by atoms with Crippen LogP contribution in [0.4, 0.5) is 0 Å². The number of hydrogen-bond donors (Lipinski definition) is 1. The van der Waals surface area contributed by atoms with E-state index in [-0.39, 0.29) is 0 Å². The molecule has 1 rings (SSSR count). The highest BCUT2D eigenvalue weighted by atomic mass is 15.3. The highest BCUT2D eigenvalue weighted by molar-refractivity contribution is 4.87. The number of nitrogens with zero attached hydrogens (tertiary/aromatic N) is 2. The molecule has 1 N–H and O–H groups in total. The van der Waals surface area contributed by atoms with Crippen LogP contribution in [0.2, 0.25) is 0 Å². The summed E-state index contributed by atoms with van der Waals surface area (Å²) in [4.78, 5) is 5.09. The summed E-state index contributed by atoms with van der Waals surface area (Å²) in [5.41, 5.74) is 0.333. The van der Waals surface area contributed by atoms with Gasteiger partial charge in [0.15, 0.2) is 0 Å². The molecule has 0 aromatic carbocycles. The number of likely N-dealkylation sites (N-methyl/N-ethyl adjacent to an activating group) is 1. The molecule has 3 heteroatoms. The average Bonchev–Trinajstić information content (AvgIpc) is 2.29. The van der Waals surface area contributed by atoms with E-state index in [1.54, 1.807) is 0 Å². The van der Waals surface area contributed by atoms with Gasteiger partial charge in [0.25, 0.3) is 0 Å². The molecule has 1 saturated heterocycles. The van der Waals surface area contributed by atoms with Crippen LogP contribution in [0, 0.1) is 5.41 Å².